The summed E-state index contributed by atoms with van der Waals surface area (Å²) in [6.45, 7) is 0. The molecular formula is C16H12F3N3O3. The Labute approximate surface area is 140 Å². The van der Waals surface area contributed by atoms with E-state index >= 15 is 0 Å². The minimum atomic E-state index is -1.13. The molecule has 130 valence electrons. The number of hydrogen-bond donors (Lipinski definition) is 2. The number of carbonyl (C=O) groups is 2. The zero-order chi connectivity index (χ0) is 18.6. The molecule has 0 saturated heterocycles. The van der Waals surface area contributed by atoms with Gasteiger partial charge in [-0.1, -0.05) is 12.1 Å². The van der Waals surface area contributed by atoms with Gasteiger partial charge in [-0.15, -0.1) is 0 Å². The Balaban J connectivity index is 2.25. The van der Waals surface area contributed by atoms with Crippen LogP contribution in [0.5, 0.6) is 0 Å². The second kappa shape index (κ2) is 7.58. The van der Waals surface area contributed by atoms with Crippen molar-refractivity contribution in [2.45, 2.75) is 0 Å². The molecule has 2 N–H and O–H groups in total. The molecule has 0 aliphatic carbocycles. The van der Waals surface area contributed by atoms with Crippen LogP contribution in [0.4, 0.5) is 13.2 Å². The highest BCUT2D eigenvalue weighted by atomic mass is 19.1. The van der Waals surface area contributed by atoms with Crippen molar-refractivity contribution >= 4 is 18.0 Å². The molecule has 0 fully saturated rings. The van der Waals surface area contributed by atoms with Crippen LogP contribution in [0.15, 0.2) is 41.5 Å². The van der Waals surface area contributed by atoms with Gasteiger partial charge < -0.3 is 0 Å². The van der Waals surface area contributed by atoms with Crippen molar-refractivity contribution in [3.05, 3.63) is 70.5 Å². The maximum Gasteiger partial charge on any atom is 0.276 e. The van der Waals surface area contributed by atoms with Gasteiger partial charge in [0, 0.05) is 12.6 Å². The molecule has 0 spiro atoms. The fourth-order valence-corrected chi connectivity index (χ4v) is 1.91. The highest BCUT2D eigenvalue weighted by molar-refractivity contribution is 5.96. The van der Waals surface area contributed by atoms with E-state index in [9.17, 15) is 22.8 Å². The minimum Gasteiger partial charge on any atom is -0.288 e. The fraction of sp³-hybridized carbons (Fsp3) is 0.0625. The van der Waals surface area contributed by atoms with Gasteiger partial charge in [0.25, 0.3) is 11.8 Å². The van der Waals surface area contributed by atoms with Crippen molar-refractivity contribution in [1.82, 2.24) is 10.5 Å². The average Bonchev–Trinajstić information content (AvgIpc) is 2.59. The third-order valence-electron chi connectivity index (χ3n) is 3.20. The van der Waals surface area contributed by atoms with Crippen LogP contribution in [0.25, 0.3) is 0 Å². The van der Waals surface area contributed by atoms with Gasteiger partial charge in [-0.2, -0.15) is 5.10 Å². The predicted octanol–water partition coefficient (Wildman–Crippen LogP) is 2.33. The summed E-state index contributed by atoms with van der Waals surface area (Å²) in [6.07, 6.45) is 0.726. The summed E-state index contributed by atoms with van der Waals surface area (Å²) in [5.74, 6) is -4.92. The molecule has 2 aromatic rings. The lowest BCUT2D eigenvalue weighted by Gasteiger charge is -2.11. The molecule has 2 amide bonds. The Bertz CT molecular complexity index is 833. The number of hydrogen-bond acceptors (Lipinski definition) is 4. The molecule has 0 saturated carbocycles. The lowest BCUT2D eigenvalue weighted by Crippen LogP contribution is -2.22. The number of amides is 2. The molecule has 2 aromatic carbocycles. The van der Waals surface area contributed by atoms with Gasteiger partial charge in [0.05, 0.1) is 17.3 Å². The molecule has 0 aromatic heterocycles. The Morgan fingerprint density at radius 2 is 1.72 bits per heavy atom. The first kappa shape index (κ1) is 18.1. The molecule has 2 rings (SSSR count). The van der Waals surface area contributed by atoms with Gasteiger partial charge in [0.15, 0.2) is 0 Å². The zero-order valence-corrected chi connectivity index (χ0v) is 12.8. The lowest BCUT2D eigenvalue weighted by molar-refractivity contribution is 0.0705. The Kier molecular flexibility index (Phi) is 5.50. The Morgan fingerprint density at radius 1 is 1.12 bits per heavy atom. The normalized spacial score (nSPS) is 10.8. The summed E-state index contributed by atoms with van der Waals surface area (Å²) in [6, 6.07) is 6.58. The van der Waals surface area contributed by atoms with Crippen molar-refractivity contribution < 1.29 is 28.0 Å². The molecule has 0 radical (unpaired) electrons. The molecule has 0 bridgehead atoms. The summed E-state index contributed by atoms with van der Waals surface area (Å²) in [5.41, 5.74) is -0.0504. The molecule has 6 nitrogen and oxygen atoms in total. The molecule has 25 heavy (non-hydrogen) atoms. The smallest absolute Gasteiger partial charge is 0.276 e. The highest BCUT2D eigenvalue weighted by Gasteiger charge is 2.17. The SMILES string of the molecule is CN(/N=C/c1c(F)cc(C(=O)NO)cc1F)C(=O)c1ccccc1F. The first-order chi connectivity index (χ1) is 11.8. The zero-order valence-electron chi connectivity index (χ0n) is 12.8. The van der Waals surface area contributed by atoms with Gasteiger partial charge in [-0.05, 0) is 24.3 Å². The summed E-state index contributed by atoms with van der Waals surface area (Å²) in [4.78, 5) is 23.2. The number of rotatable bonds is 4. The highest BCUT2D eigenvalue weighted by Crippen LogP contribution is 2.15. The second-order valence-electron chi connectivity index (χ2n) is 4.85. The van der Waals surface area contributed by atoms with Crippen LogP contribution < -0.4 is 5.48 Å². The Hall–Kier alpha value is -3.20. The number of carbonyl (C=O) groups excluding carboxylic acids is 2. The van der Waals surface area contributed by atoms with E-state index in [1.807, 2.05) is 0 Å². The molecule has 0 aliphatic rings. The van der Waals surface area contributed by atoms with Gasteiger partial charge in [-0.25, -0.2) is 23.7 Å². The van der Waals surface area contributed by atoms with E-state index in [-0.39, 0.29) is 5.56 Å². The number of nitrogens with zero attached hydrogens (tertiary/aromatic N) is 2. The van der Waals surface area contributed by atoms with Gasteiger partial charge >= 0.3 is 0 Å². The lowest BCUT2D eigenvalue weighted by atomic mass is 10.1. The average molecular weight is 351 g/mol. The summed E-state index contributed by atoms with van der Waals surface area (Å²) < 4.78 is 41.3. The first-order valence-corrected chi connectivity index (χ1v) is 6.85. The number of halogens is 3. The molecular weight excluding hydrogens is 339 g/mol. The standard InChI is InChI=1S/C16H12F3N3O3/c1-22(16(24)10-4-2-3-5-12(10)17)20-8-11-13(18)6-9(7-14(11)19)15(23)21-25/h2-8,25H,1H3,(H,21,23)/b20-8+. The summed E-state index contributed by atoms with van der Waals surface area (Å²) in [7, 11) is 1.19. The van der Waals surface area contributed by atoms with E-state index in [1.54, 1.807) is 0 Å². The van der Waals surface area contributed by atoms with Crippen molar-refractivity contribution in [1.29, 1.82) is 0 Å². The molecule has 0 atom stereocenters. The van der Waals surface area contributed by atoms with E-state index in [0.29, 0.717) is 17.1 Å². The van der Waals surface area contributed by atoms with Crippen molar-refractivity contribution in [3.8, 4) is 0 Å². The monoisotopic (exact) mass is 351 g/mol. The first-order valence-electron chi connectivity index (χ1n) is 6.85. The van der Waals surface area contributed by atoms with E-state index < -0.39 is 40.4 Å². The summed E-state index contributed by atoms with van der Waals surface area (Å²) >= 11 is 0. The number of benzene rings is 2. The fourth-order valence-electron chi connectivity index (χ4n) is 1.91. The van der Waals surface area contributed by atoms with Crippen LogP contribution in [-0.4, -0.2) is 35.3 Å². The number of hydroxylamine groups is 1. The van der Waals surface area contributed by atoms with Crippen LogP contribution in [0.2, 0.25) is 0 Å². The molecule has 0 heterocycles. The van der Waals surface area contributed by atoms with E-state index in [2.05, 4.69) is 5.10 Å². The van der Waals surface area contributed by atoms with Gasteiger partial charge in [-0.3, -0.25) is 14.8 Å². The maximum atomic E-state index is 13.9. The minimum absolute atomic E-state index is 0.252. The predicted molar refractivity (Wildman–Crippen MR) is 81.7 cm³/mol. The van der Waals surface area contributed by atoms with Crippen LogP contribution in [-0.2, 0) is 0 Å². The molecule has 9 heteroatoms. The Morgan fingerprint density at radius 3 is 2.28 bits per heavy atom. The summed E-state index contributed by atoms with van der Waals surface area (Å²) in [5, 5.41) is 12.8. The third kappa shape index (κ3) is 4.01. The van der Waals surface area contributed by atoms with Crippen molar-refractivity contribution in [3.63, 3.8) is 0 Å². The van der Waals surface area contributed by atoms with Crippen LogP contribution in [0, 0.1) is 17.5 Å². The largest absolute Gasteiger partial charge is 0.288 e. The van der Waals surface area contributed by atoms with E-state index in [4.69, 9.17) is 5.21 Å². The van der Waals surface area contributed by atoms with Crippen molar-refractivity contribution in [2.24, 2.45) is 5.10 Å². The molecule has 0 unspecified atom stereocenters. The number of nitrogens with one attached hydrogen (secondary N) is 1. The van der Waals surface area contributed by atoms with Crippen LogP contribution in [0.3, 0.4) is 0 Å². The van der Waals surface area contributed by atoms with Crippen molar-refractivity contribution in [2.75, 3.05) is 7.05 Å². The molecule has 0 aliphatic heterocycles. The quantitative estimate of drug-likeness (QED) is 0.504. The van der Waals surface area contributed by atoms with Crippen LogP contribution in [0.1, 0.15) is 26.3 Å². The maximum absolute atomic E-state index is 13.9. The topological polar surface area (TPSA) is 82.0 Å². The van der Waals surface area contributed by atoms with Crippen LogP contribution >= 0.6 is 0 Å². The number of hydrazone groups is 1. The third-order valence-corrected chi connectivity index (χ3v) is 3.20. The van der Waals surface area contributed by atoms with E-state index in [1.165, 1.54) is 30.7 Å². The van der Waals surface area contributed by atoms with Gasteiger partial charge in [0.1, 0.15) is 17.5 Å². The van der Waals surface area contributed by atoms with Gasteiger partial charge in [0.2, 0.25) is 0 Å². The van der Waals surface area contributed by atoms with E-state index in [0.717, 1.165) is 12.3 Å². The second-order valence-corrected chi connectivity index (χ2v) is 4.85.